The second-order valence-corrected chi connectivity index (χ2v) is 3.66. The molecule has 76 valence electrons. The molecule has 1 heterocycles. The Morgan fingerprint density at radius 3 is 2.93 bits per heavy atom. The van der Waals surface area contributed by atoms with Crippen molar-refractivity contribution >= 4 is 23.0 Å². The molecule has 0 atom stereocenters. The van der Waals surface area contributed by atoms with Gasteiger partial charge in [-0.05, 0) is 12.8 Å². The van der Waals surface area contributed by atoms with Crippen molar-refractivity contribution in [1.82, 2.24) is 4.98 Å². The first-order chi connectivity index (χ1) is 6.79. The summed E-state index contributed by atoms with van der Waals surface area (Å²) in [5.41, 5.74) is 4.50. The molecule has 1 aliphatic rings. The predicted molar refractivity (Wildman–Crippen MR) is 56.5 cm³/mol. The van der Waals surface area contributed by atoms with Gasteiger partial charge in [-0.15, -0.1) is 0 Å². The van der Waals surface area contributed by atoms with E-state index in [-0.39, 0.29) is 0 Å². The van der Waals surface area contributed by atoms with Crippen molar-refractivity contribution < 1.29 is 4.84 Å². The molecular weight excluding hydrogens is 202 g/mol. The lowest BCUT2D eigenvalue weighted by molar-refractivity contribution is 0.271. The average molecular weight is 214 g/mol. The van der Waals surface area contributed by atoms with Gasteiger partial charge in [0.2, 0.25) is 0 Å². The van der Waals surface area contributed by atoms with Crippen LogP contribution < -0.4 is 10.8 Å². The summed E-state index contributed by atoms with van der Waals surface area (Å²) in [6.45, 7) is 0. The molecule has 1 aromatic heterocycles. The van der Waals surface area contributed by atoms with E-state index in [1.54, 1.807) is 19.4 Å². The Labute approximate surface area is 87.6 Å². The normalized spacial score (nSPS) is 15.3. The fourth-order valence-electron chi connectivity index (χ4n) is 1.19. The van der Waals surface area contributed by atoms with E-state index >= 15 is 0 Å². The van der Waals surface area contributed by atoms with Gasteiger partial charge in [0.1, 0.15) is 10.8 Å². The number of anilines is 2. The minimum absolute atomic E-state index is 0.481. The number of aromatic nitrogens is 1. The topological polar surface area (TPSA) is 46.2 Å². The van der Waals surface area contributed by atoms with Crippen LogP contribution in [0.5, 0.6) is 0 Å². The molecule has 14 heavy (non-hydrogen) atoms. The number of nitrogens with zero attached hydrogens (tertiary/aromatic N) is 1. The van der Waals surface area contributed by atoms with E-state index < -0.39 is 0 Å². The lowest BCUT2D eigenvalue weighted by Gasteiger charge is -2.11. The summed E-state index contributed by atoms with van der Waals surface area (Å²) in [6, 6.07) is 2.37. The highest BCUT2D eigenvalue weighted by atomic mass is 35.5. The molecule has 2 N–H and O–H groups in total. The van der Waals surface area contributed by atoms with Crippen LogP contribution in [0.15, 0.2) is 12.3 Å². The van der Waals surface area contributed by atoms with Gasteiger partial charge in [-0.3, -0.25) is 10.3 Å². The maximum Gasteiger partial charge on any atom is 0.131 e. The molecule has 0 unspecified atom stereocenters. The number of halogens is 1. The van der Waals surface area contributed by atoms with Crippen molar-refractivity contribution in [3.63, 3.8) is 0 Å². The fraction of sp³-hybridized carbons (Fsp3) is 0.444. The fourth-order valence-corrected chi connectivity index (χ4v) is 1.35. The van der Waals surface area contributed by atoms with E-state index in [2.05, 4.69) is 15.8 Å². The molecule has 1 aliphatic carbocycles. The summed E-state index contributed by atoms with van der Waals surface area (Å²) in [5.74, 6) is 0. The molecule has 0 aromatic carbocycles. The highest BCUT2D eigenvalue weighted by Crippen LogP contribution is 2.30. The van der Waals surface area contributed by atoms with Crippen LogP contribution in [0.2, 0.25) is 5.15 Å². The number of hydrogen-bond donors (Lipinski definition) is 2. The summed E-state index contributed by atoms with van der Waals surface area (Å²) in [6.07, 6.45) is 4.08. The van der Waals surface area contributed by atoms with Crippen LogP contribution in [0.25, 0.3) is 0 Å². The van der Waals surface area contributed by atoms with Gasteiger partial charge < -0.3 is 5.32 Å². The Morgan fingerprint density at radius 1 is 1.50 bits per heavy atom. The van der Waals surface area contributed by atoms with Gasteiger partial charge in [-0.1, -0.05) is 11.6 Å². The largest absolute Gasteiger partial charge is 0.380 e. The lowest BCUT2D eigenvalue weighted by Crippen LogP contribution is -2.06. The molecule has 1 saturated carbocycles. The van der Waals surface area contributed by atoms with Gasteiger partial charge in [0.15, 0.2) is 0 Å². The molecule has 5 heteroatoms. The van der Waals surface area contributed by atoms with Gasteiger partial charge in [0.25, 0.3) is 0 Å². The standard InChI is InChI=1S/C9H12ClN3O/c1-14-13-8-5-11-9(10)4-7(8)12-6-2-3-6/h4-6,13H,2-3H2,1H3,(H,11,12). The first-order valence-corrected chi connectivity index (χ1v) is 4.88. The highest BCUT2D eigenvalue weighted by molar-refractivity contribution is 6.29. The summed E-state index contributed by atoms with van der Waals surface area (Å²) < 4.78 is 0. The SMILES string of the molecule is CONc1cnc(Cl)cc1NC1CC1. The van der Waals surface area contributed by atoms with Crippen molar-refractivity contribution in [2.24, 2.45) is 0 Å². The first kappa shape index (κ1) is 9.55. The molecule has 1 aromatic rings. The maximum absolute atomic E-state index is 5.80. The summed E-state index contributed by atoms with van der Waals surface area (Å²) in [4.78, 5) is 8.81. The first-order valence-electron chi connectivity index (χ1n) is 4.50. The Kier molecular flexibility index (Phi) is 2.74. The molecule has 1 fully saturated rings. The smallest absolute Gasteiger partial charge is 0.131 e. The van der Waals surface area contributed by atoms with Gasteiger partial charge in [0.05, 0.1) is 19.0 Å². The Hall–Kier alpha value is -1.00. The van der Waals surface area contributed by atoms with Crippen molar-refractivity contribution in [3.8, 4) is 0 Å². The van der Waals surface area contributed by atoms with Crippen LogP contribution in [-0.2, 0) is 4.84 Å². The van der Waals surface area contributed by atoms with Gasteiger partial charge >= 0.3 is 0 Å². The van der Waals surface area contributed by atoms with Crippen LogP contribution >= 0.6 is 11.6 Å². The Morgan fingerprint density at radius 2 is 2.29 bits per heavy atom. The number of nitrogens with one attached hydrogen (secondary N) is 2. The highest BCUT2D eigenvalue weighted by Gasteiger charge is 2.22. The van der Waals surface area contributed by atoms with Crippen LogP contribution in [-0.4, -0.2) is 18.1 Å². The van der Waals surface area contributed by atoms with Crippen molar-refractivity contribution in [1.29, 1.82) is 0 Å². The zero-order valence-corrected chi connectivity index (χ0v) is 8.64. The molecule has 0 spiro atoms. The third-order valence-electron chi connectivity index (χ3n) is 2.02. The summed E-state index contributed by atoms with van der Waals surface area (Å²) >= 11 is 5.80. The maximum atomic E-state index is 5.80. The molecular formula is C9H12ClN3O. The summed E-state index contributed by atoms with van der Waals surface area (Å²) in [5, 5.41) is 3.82. The van der Waals surface area contributed by atoms with Gasteiger partial charge in [0, 0.05) is 12.1 Å². The van der Waals surface area contributed by atoms with E-state index in [1.165, 1.54) is 12.8 Å². The van der Waals surface area contributed by atoms with E-state index in [0.29, 0.717) is 11.2 Å². The van der Waals surface area contributed by atoms with E-state index in [0.717, 1.165) is 11.4 Å². The average Bonchev–Trinajstić information content (AvgIpc) is 2.94. The zero-order valence-electron chi connectivity index (χ0n) is 7.88. The van der Waals surface area contributed by atoms with Crippen LogP contribution in [0, 0.1) is 0 Å². The minimum Gasteiger partial charge on any atom is -0.380 e. The minimum atomic E-state index is 0.481. The third kappa shape index (κ3) is 2.27. The van der Waals surface area contributed by atoms with Crippen molar-refractivity contribution in [2.45, 2.75) is 18.9 Å². The van der Waals surface area contributed by atoms with Crippen molar-refractivity contribution in [3.05, 3.63) is 17.4 Å². The molecule has 0 saturated heterocycles. The molecule has 4 nitrogen and oxygen atoms in total. The molecule has 0 radical (unpaired) electrons. The van der Waals surface area contributed by atoms with E-state index in [9.17, 15) is 0 Å². The second-order valence-electron chi connectivity index (χ2n) is 3.28. The molecule has 0 amide bonds. The zero-order chi connectivity index (χ0) is 9.97. The number of pyridine rings is 1. The number of rotatable bonds is 4. The van der Waals surface area contributed by atoms with E-state index in [1.807, 2.05) is 0 Å². The van der Waals surface area contributed by atoms with Gasteiger partial charge in [-0.2, -0.15) is 0 Å². The summed E-state index contributed by atoms with van der Waals surface area (Å²) in [7, 11) is 1.56. The molecule has 0 aliphatic heterocycles. The Bertz CT molecular complexity index is 328. The van der Waals surface area contributed by atoms with Gasteiger partial charge in [-0.25, -0.2) is 4.98 Å². The third-order valence-corrected chi connectivity index (χ3v) is 2.23. The van der Waals surface area contributed by atoms with Crippen LogP contribution in [0.4, 0.5) is 11.4 Å². The van der Waals surface area contributed by atoms with Crippen LogP contribution in [0.1, 0.15) is 12.8 Å². The lowest BCUT2D eigenvalue weighted by atomic mass is 10.3. The van der Waals surface area contributed by atoms with E-state index in [4.69, 9.17) is 16.4 Å². The number of hydrogen-bond acceptors (Lipinski definition) is 4. The van der Waals surface area contributed by atoms with Crippen molar-refractivity contribution in [2.75, 3.05) is 17.9 Å². The monoisotopic (exact) mass is 213 g/mol. The molecule has 2 rings (SSSR count). The Balaban J connectivity index is 2.17. The predicted octanol–water partition coefficient (Wildman–Crippen LogP) is 2.28. The second kappa shape index (κ2) is 4.02. The molecule has 0 bridgehead atoms. The van der Waals surface area contributed by atoms with Crippen LogP contribution in [0.3, 0.4) is 0 Å². The quantitative estimate of drug-likeness (QED) is 0.595.